The SMILES string of the molecule is CC(=O)c1cccc(Cc2cccc(F)c2)c1. The van der Waals surface area contributed by atoms with Crippen molar-refractivity contribution in [3.8, 4) is 0 Å². The lowest BCUT2D eigenvalue weighted by atomic mass is 10.0. The van der Waals surface area contributed by atoms with E-state index in [1.165, 1.54) is 12.1 Å². The van der Waals surface area contributed by atoms with Crippen LogP contribution >= 0.6 is 0 Å². The molecule has 0 saturated heterocycles. The third-order valence-corrected chi connectivity index (χ3v) is 2.63. The molecular weight excluding hydrogens is 215 g/mol. The molecule has 0 N–H and O–H groups in total. The maximum atomic E-state index is 13.0. The maximum Gasteiger partial charge on any atom is 0.159 e. The molecule has 2 aromatic carbocycles. The number of rotatable bonds is 3. The van der Waals surface area contributed by atoms with E-state index in [1.54, 1.807) is 19.1 Å². The highest BCUT2D eigenvalue weighted by atomic mass is 19.1. The fourth-order valence-electron chi connectivity index (χ4n) is 1.78. The summed E-state index contributed by atoms with van der Waals surface area (Å²) >= 11 is 0. The van der Waals surface area contributed by atoms with Crippen LogP contribution in [-0.2, 0) is 6.42 Å². The minimum atomic E-state index is -0.231. The minimum absolute atomic E-state index is 0.0473. The fourth-order valence-corrected chi connectivity index (χ4v) is 1.78. The van der Waals surface area contributed by atoms with Gasteiger partial charge in [-0.3, -0.25) is 4.79 Å². The fraction of sp³-hybridized carbons (Fsp3) is 0.133. The average molecular weight is 228 g/mol. The standard InChI is InChI=1S/C15H13FO/c1-11(17)14-6-2-4-12(9-14)8-13-5-3-7-15(16)10-13/h2-7,9-10H,8H2,1H3. The lowest BCUT2D eigenvalue weighted by Gasteiger charge is -2.04. The van der Waals surface area contributed by atoms with Crippen LogP contribution in [0.3, 0.4) is 0 Å². The number of benzene rings is 2. The minimum Gasteiger partial charge on any atom is -0.295 e. The van der Waals surface area contributed by atoms with Gasteiger partial charge in [0, 0.05) is 5.56 Å². The first kappa shape index (κ1) is 11.5. The number of carbonyl (C=O) groups is 1. The van der Waals surface area contributed by atoms with Crippen molar-refractivity contribution in [3.05, 3.63) is 71.0 Å². The Morgan fingerprint density at radius 1 is 1.06 bits per heavy atom. The van der Waals surface area contributed by atoms with E-state index in [1.807, 2.05) is 24.3 Å². The molecule has 0 spiro atoms. The summed E-state index contributed by atoms with van der Waals surface area (Å²) in [7, 11) is 0. The van der Waals surface area contributed by atoms with Gasteiger partial charge in [-0.1, -0.05) is 30.3 Å². The quantitative estimate of drug-likeness (QED) is 0.733. The van der Waals surface area contributed by atoms with Crippen LogP contribution in [-0.4, -0.2) is 5.78 Å². The molecule has 0 heterocycles. The van der Waals surface area contributed by atoms with Crippen LogP contribution in [0.1, 0.15) is 28.4 Å². The van der Waals surface area contributed by atoms with Crippen LogP contribution in [0.25, 0.3) is 0 Å². The van der Waals surface area contributed by atoms with Crippen LogP contribution in [0.15, 0.2) is 48.5 Å². The van der Waals surface area contributed by atoms with E-state index in [0.29, 0.717) is 12.0 Å². The molecule has 2 rings (SSSR count). The molecule has 1 nitrogen and oxygen atoms in total. The van der Waals surface area contributed by atoms with Crippen molar-refractivity contribution in [2.24, 2.45) is 0 Å². The highest BCUT2D eigenvalue weighted by molar-refractivity contribution is 5.94. The summed E-state index contributed by atoms with van der Waals surface area (Å²) in [4.78, 5) is 11.2. The highest BCUT2D eigenvalue weighted by Crippen LogP contribution is 2.13. The Hall–Kier alpha value is -1.96. The molecule has 0 aliphatic carbocycles. The lowest BCUT2D eigenvalue weighted by Crippen LogP contribution is -1.95. The van der Waals surface area contributed by atoms with E-state index >= 15 is 0 Å². The van der Waals surface area contributed by atoms with Gasteiger partial charge in [-0.15, -0.1) is 0 Å². The number of Topliss-reactive ketones (excluding diaryl/α,β-unsaturated/α-hetero) is 1. The van der Waals surface area contributed by atoms with Gasteiger partial charge in [0.15, 0.2) is 5.78 Å². The Morgan fingerprint density at radius 3 is 2.35 bits per heavy atom. The molecule has 0 fully saturated rings. The zero-order chi connectivity index (χ0) is 12.3. The van der Waals surface area contributed by atoms with Gasteiger partial charge < -0.3 is 0 Å². The predicted octanol–water partition coefficient (Wildman–Crippen LogP) is 3.62. The average Bonchev–Trinajstić information content (AvgIpc) is 2.29. The first-order valence-corrected chi connectivity index (χ1v) is 5.49. The lowest BCUT2D eigenvalue weighted by molar-refractivity contribution is 0.101. The molecule has 0 atom stereocenters. The van der Waals surface area contributed by atoms with E-state index in [-0.39, 0.29) is 11.6 Å². The van der Waals surface area contributed by atoms with Gasteiger partial charge in [0.25, 0.3) is 0 Å². The third-order valence-electron chi connectivity index (χ3n) is 2.63. The molecule has 0 radical (unpaired) electrons. The zero-order valence-corrected chi connectivity index (χ0v) is 9.61. The molecule has 17 heavy (non-hydrogen) atoms. The summed E-state index contributed by atoms with van der Waals surface area (Å²) in [5.41, 5.74) is 2.62. The maximum absolute atomic E-state index is 13.0. The summed E-state index contributed by atoms with van der Waals surface area (Å²) in [5, 5.41) is 0. The van der Waals surface area contributed by atoms with Crippen molar-refractivity contribution in [2.75, 3.05) is 0 Å². The molecule has 2 aromatic rings. The molecule has 0 amide bonds. The van der Waals surface area contributed by atoms with Crippen LogP contribution in [0.4, 0.5) is 4.39 Å². The largest absolute Gasteiger partial charge is 0.295 e. The summed E-state index contributed by atoms with van der Waals surface area (Å²) in [5.74, 6) is -0.184. The summed E-state index contributed by atoms with van der Waals surface area (Å²) in [6, 6.07) is 14.0. The second kappa shape index (κ2) is 4.91. The van der Waals surface area contributed by atoms with E-state index < -0.39 is 0 Å². The molecule has 0 aliphatic heterocycles. The summed E-state index contributed by atoms with van der Waals surface area (Å²) in [6.07, 6.45) is 0.638. The Kier molecular flexibility index (Phi) is 3.33. The highest BCUT2D eigenvalue weighted by Gasteiger charge is 2.02. The molecule has 0 unspecified atom stereocenters. The summed E-state index contributed by atoms with van der Waals surface area (Å²) in [6.45, 7) is 1.54. The van der Waals surface area contributed by atoms with E-state index in [0.717, 1.165) is 11.1 Å². The molecule has 0 aromatic heterocycles. The number of halogens is 1. The van der Waals surface area contributed by atoms with Gasteiger partial charge >= 0.3 is 0 Å². The van der Waals surface area contributed by atoms with Gasteiger partial charge in [-0.2, -0.15) is 0 Å². The van der Waals surface area contributed by atoms with Gasteiger partial charge in [0.05, 0.1) is 0 Å². The van der Waals surface area contributed by atoms with Gasteiger partial charge in [-0.25, -0.2) is 4.39 Å². The number of hydrogen-bond acceptors (Lipinski definition) is 1. The summed E-state index contributed by atoms with van der Waals surface area (Å²) < 4.78 is 13.0. The predicted molar refractivity (Wildman–Crippen MR) is 65.7 cm³/mol. The van der Waals surface area contributed by atoms with Crippen molar-refractivity contribution in [3.63, 3.8) is 0 Å². The van der Waals surface area contributed by atoms with Crippen molar-refractivity contribution in [2.45, 2.75) is 13.3 Å². The van der Waals surface area contributed by atoms with Crippen LogP contribution in [0.5, 0.6) is 0 Å². The molecule has 0 saturated carbocycles. The van der Waals surface area contributed by atoms with Crippen molar-refractivity contribution >= 4 is 5.78 Å². The molecular formula is C15H13FO. The number of carbonyl (C=O) groups excluding carboxylic acids is 1. The second-order valence-electron chi connectivity index (χ2n) is 4.06. The Labute approximate surface area is 99.9 Å². The molecule has 0 bridgehead atoms. The van der Waals surface area contributed by atoms with E-state index in [2.05, 4.69) is 0 Å². The van der Waals surface area contributed by atoms with Gasteiger partial charge in [-0.05, 0) is 42.7 Å². The monoisotopic (exact) mass is 228 g/mol. The Bertz CT molecular complexity index is 546. The van der Waals surface area contributed by atoms with Crippen LogP contribution < -0.4 is 0 Å². The van der Waals surface area contributed by atoms with E-state index in [9.17, 15) is 9.18 Å². The Morgan fingerprint density at radius 2 is 1.71 bits per heavy atom. The normalized spacial score (nSPS) is 10.2. The zero-order valence-electron chi connectivity index (χ0n) is 9.61. The first-order chi connectivity index (χ1) is 8.15. The topological polar surface area (TPSA) is 17.1 Å². The van der Waals surface area contributed by atoms with E-state index in [4.69, 9.17) is 0 Å². The number of hydrogen-bond donors (Lipinski definition) is 0. The van der Waals surface area contributed by atoms with Crippen molar-refractivity contribution < 1.29 is 9.18 Å². The van der Waals surface area contributed by atoms with Gasteiger partial charge in [0.1, 0.15) is 5.82 Å². The van der Waals surface area contributed by atoms with Crippen LogP contribution in [0, 0.1) is 5.82 Å². The smallest absolute Gasteiger partial charge is 0.159 e. The third kappa shape index (κ3) is 3.00. The second-order valence-corrected chi connectivity index (χ2v) is 4.06. The van der Waals surface area contributed by atoms with Gasteiger partial charge in [0.2, 0.25) is 0 Å². The Balaban J connectivity index is 2.24. The number of ketones is 1. The van der Waals surface area contributed by atoms with Crippen molar-refractivity contribution in [1.82, 2.24) is 0 Å². The van der Waals surface area contributed by atoms with Crippen LogP contribution in [0.2, 0.25) is 0 Å². The first-order valence-electron chi connectivity index (χ1n) is 5.49. The molecule has 2 heteroatoms. The molecule has 86 valence electrons. The molecule has 0 aliphatic rings. The van der Waals surface area contributed by atoms with Crippen molar-refractivity contribution in [1.29, 1.82) is 0 Å².